The predicted octanol–water partition coefficient (Wildman–Crippen LogP) is 1.65. The lowest BCUT2D eigenvalue weighted by Crippen LogP contribution is -2.29. The van der Waals surface area contributed by atoms with Crippen LogP contribution in [0.25, 0.3) is 0 Å². The Balaban J connectivity index is 2.47. The summed E-state index contributed by atoms with van der Waals surface area (Å²) in [6.07, 6.45) is 8.80. The van der Waals surface area contributed by atoms with Crippen molar-refractivity contribution in [2.24, 2.45) is 0 Å². The van der Waals surface area contributed by atoms with Gasteiger partial charge >= 0.3 is 0 Å². The van der Waals surface area contributed by atoms with Gasteiger partial charge in [-0.15, -0.1) is 0 Å². The van der Waals surface area contributed by atoms with Crippen LogP contribution in [-0.4, -0.2) is 37.5 Å². The molecule has 2 rings (SSSR count). The van der Waals surface area contributed by atoms with Crippen LogP contribution in [0.4, 0.5) is 0 Å². The lowest BCUT2D eigenvalue weighted by molar-refractivity contribution is 0.449. The average molecular weight is 217 g/mol. The first-order chi connectivity index (χ1) is 7.63. The van der Waals surface area contributed by atoms with E-state index in [1.165, 1.54) is 22.7 Å². The molecule has 0 aliphatic carbocycles. The third-order valence-corrected chi connectivity index (χ3v) is 2.96. The minimum absolute atomic E-state index is 0.956. The summed E-state index contributed by atoms with van der Waals surface area (Å²) in [5.41, 5.74) is 4.99. The summed E-state index contributed by atoms with van der Waals surface area (Å²) >= 11 is 0. The van der Waals surface area contributed by atoms with E-state index in [2.05, 4.69) is 60.6 Å². The molecule has 0 fully saturated rings. The quantitative estimate of drug-likeness (QED) is 0.759. The van der Waals surface area contributed by atoms with E-state index >= 15 is 0 Å². The van der Waals surface area contributed by atoms with E-state index in [0.29, 0.717) is 0 Å². The van der Waals surface area contributed by atoms with Gasteiger partial charge in [0.1, 0.15) is 0 Å². The molecule has 0 spiro atoms. The smallest absolute Gasteiger partial charge is 0.0667 e. The summed E-state index contributed by atoms with van der Waals surface area (Å²) in [6, 6.07) is 0. The fourth-order valence-electron chi connectivity index (χ4n) is 2.09. The van der Waals surface area contributed by atoms with Gasteiger partial charge in [0.2, 0.25) is 0 Å². The third-order valence-electron chi connectivity index (χ3n) is 2.96. The lowest BCUT2D eigenvalue weighted by Gasteiger charge is -2.33. The average Bonchev–Trinajstić information content (AvgIpc) is 2.26. The third kappa shape index (κ3) is 1.73. The number of hydrogen-bond donors (Lipinski definition) is 1. The second kappa shape index (κ2) is 4.08. The van der Waals surface area contributed by atoms with Crippen molar-refractivity contribution in [3.63, 3.8) is 0 Å². The van der Waals surface area contributed by atoms with Gasteiger partial charge in [0.25, 0.3) is 0 Å². The molecule has 0 radical (unpaired) electrons. The van der Waals surface area contributed by atoms with Gasteiger partial charge in [-0.1, -0.05) is 6.08 Å². The fourth-order valence-corrected chi connectivity index (χ4v) is 2.09. The van der Waals surface area contributed by atoms with Crippen LogP contribution in [0.1, 0.15) is 6.92 Å². The normalized spacial score (nSPS) is 19.1. The van der Waals surface area contributed by atoms with Crippen molar-refractivity contribution in [3.8, 4) is 0 Å². The zero-order valence-electron chi connectivity index (χ0n) is 10.4. The largest absolute Gasteiger partial charge is 0.388 e. The molecule has 1 N–H and O–H groups in total. The molecule has 0 aromatic rings. The first-order valence-electron chi connectivity index (χ1n) is 5.56. The molecule has 2 heterocycles. The Morgan fingerprint density at radius 3 is 2.75 bits per heavy atom. The van der Waals surface area contributed by atoms with E-state index in [0.717, 1.165) is 6.54 Å². The molecule has 0 aromatic carbocycles. The molecule has 86 valence electrons. The molecule has 3 nitrogen and oxygen atoms in total. The van der Waals surface area contributed by atoms with Crippen molar-refractivity contribution in [3.05, 3.63) is 47.1 Å². The highest BCUT2D eigenvalue weighted by molar-refractivity contribution is 5.45. The van der Waals surface area contributed by atoms with Crippen LogP contribution in [0.3, 0.4) is 0 Å². The predicted molar refractivity (Wildman–Crippen MR) is 67.5 cm³/mol. The maximum absolute atomic E-state index is 3.24. The van der Waals surface area contributed by atoms with Gasteiger partial charge in [-0.05, 0) is 24.6 Å². The zero-order valence-corrected chi connectivity index (χ0v) is 10.4. The second-order valence-electron chi connectivity index (χ2n) is 4.34. The summed E-state index contributed by atoms with van der Waals surface area (Å²) in [4.78, 5) is 4.43. The monoisotopic (exact) mass is 217 g/mol. The molecule has 0 saturated heterocycles. The molecule has 0 unspecified atom stereocenters. The van der Waals surface area contributed by atoms with Crippen LogP contribution in [0, 0.1) is 0 Å². The van der Waals surface area contributed by atoms with E-state index in [4.69, 9.17) is 0 Å². The van der Waals surface area contributed by atoms with Crippen molar-refractivity contribution in [2.75, 3.05) is 27.7 Å². The van der Waals surface area contributed by atoms with Gasteiger partial charge in [0, 0.05) is 39.6 Å². The number of nitrogens with one attached hydrogen (secondary N) is 1. The molecular formula is C13H19N3. The Labute approximate surface area is 97.4 Å². The Morgan fingerprint density at radius 1 is 1.38 bits per heavy atom. The Bertz CT molecular complexity index is 411. The van der Waals surface area contributed by atoms with Crippen molar-refractivity contribution < 1.29 is 0 Å². The highest BCUT2D eigenvalue weighted by atomic mass is 15.2. The number of rotatable bonds is 2. The van der Waals surface area contributed by atoms with Crippen molar-refractivity contribution in [2.45, 2.75) is 6.92 Å². The molecule has 0 atom stereocenters. The summed E-state index contributed by atoms with van der Waals surface area (Å²) < 4.78 is 0. The number of likely N-dealkylation sites (N-methyl/N-ethyl adjacent to an activating group) is 2. The van der Waals surface area contributed by atoms with Crippen LogP contribution in [0.15, 0.2) is 47.1 Å². The second-order valence-corrected chi connectivity index (χ2v) is 4.34. The molecule has 0 bridgehead atoms. The van der Waals surface area contributed by atoms with Crippen molar-refractivity contribution in [1.82, 2.24) is 15.1 Å². The van der Waals surface area contributed by atoms with Crippen LogP contribution in [0.2, 0.25) is 0 Å². The van der Waals surface area contributed by atoms with Gasteiger partial charge in [0.05, 0.1) is 11.4 Å². The van der Waals surface area contributed by atoms with Gasteiger partial charge in [-0.2, -0.15) is 0 Å². The molecule has 0 saturated carbocycles. The summed E-state index contributed by atoms with van der Waals surface area (Å²) in [5.74, 6) is 0. The summed E-state index contributed by atoms with van der Waals surface area (Å²) in [7, 11) is 6.12. The standard InChI is InChI=1S/C13H19N3/c1-10-9-16-7-5-6-12(15(3)4)13(16)8-11(10)14-2/h5-6,8-9,14H,7H2,1-4H3. The molecule has 3 heteroatoms. The first kappa shape index (κ1) is 10.9. The van der Waals surface area contributed by atoms with E-state index in [-0.39, 0.29) is 0 Å². The van der Waals surface area contributed by atoms with Gasteiger partial charge in [-0.25, -0.2) is 0 Å². The van der Waals surface area contributed by atoms with Crippen LogP contribution >= 0.6 is 0 Å². The van der Waals surface area contributed by atoms with Gasteiger partial charge in [0.15, 0.2) is 0 Å². The zero-order chi connectivity index (χ0) is 11.7. The Hall–Kier alpha value is -1.64. The minimum atomic E-state index is 0.956. The van der Waals surface area contributed by atoms with E-state index < -0.39 is 0 Å². The highest BCUT2D eigenvalue weighted by Crippen LogP contribution is 2.27. The Morgan fingerprint density at radius 2 is 2.12 bits per heavy atom. The maximum Gasteiger partial charge on any atom is 0.0667 e. The van der Waals surface area contributed by atoms with Crippen LogP contribution in [-0.2, 0) is 0 Å². The molecule has 0 amide bonds. The van der Waals surface area contributed by atoms with E-state index in [1.807, 2.05) is 7.05 Å². The first-order valence-corrected chi connectivity index (χ1v) is 5.56. The van der Waals surface area contributed by atoms with Gasteiger partial charge < -0.3 is 15.1 Å². The number of allylic oxidation sites excluding steroid dienone is 3. The number of hydrogen-bond acceptors (Lipinski definition) is 3. The number of fused-ring (bicyclic) bond motifs is 1. The van der Waals surface area contributed by atoms with Crippen LogP contribution < -0.4 is 5.32 Å². The van der Waals surface area contributed by atoms with Crippen molar-refractivity contribution >= 4 is 0 Å². The maximum atomic E-state index is 3.24. The highest BCUT2D eigenvalue weighted by Gasteiger charge is 2.19. The molecular weight excluding hydrogens is 198 g/mol. The van der Waals surface area contributed by atoms with Gasteiger partial charge in [-0.3, -0.25) is 0 Å². The molecule has 2 aliphatic rings. The summed E-state index contributed by atoms with van der Waals surface area (Å²) in [5, 5.41) is 3.24. The minimum Gasteiger partial charge on any atom is -0.388 e. The van der Waals surface area contributed by atoms with Crippen molar-refractivity contribution in [1.29, 1.82) is 0 Å². The SMILES string of the molecule is CNC1=CC2=C(N(C)C)C=CCN2C=C1C. The fraction of sp³-hybridized carbons (Fsp3) is 0.385. The number of nitrogens with zero attached hydrogens (tertiary/aromatic N) is 2. The lowest BCUT2D eigenvalue weighted by atomic mass is 10.1. The molecule has 2 aliphatic heterocycles. The van der Waals surface area contributed by atoms with E-state index in [9.17, 15) is 0 Å². The van der Waals surface area contributed by atoms with E-state index in [1.54, 1.807) is 0 Å². The van der Waals surface area contributed by atoms with Crippen LogP contribution in [0.5, 0.6) is 0 Å². The topological polar surface area (TPSA) is 18.5 Å². The molecule has 0 aromatic heterocycles. The molecule has 16 heavy (non-hydrogen) atoms. The Kier molecular flexibility index (Phi) is 2.77. The summed E-state index contributed by atoms with van der Waals surface area (Å²) in [6.45, 7) is 3.09.